The highest BCUT2D eigenvalue weighted by molar-refractivity contribution is 4.83. The summed E-state index contributed by atoms with van der Waals surface area (Å²) in [4.78, 5) is 0. The Morgan fingerprint density at radius 1 is 1.31 bits per heavy atom. The third-order valence-electron chi connectivity index (χ3n) is 3.10. The highest BCUT2D eigenvalue weighted by Gasteiger charge is 2.40. The molecule has 1 aliphatic rings. The van der Waals surface area contributed by atoms with Gasteiger partial charge in [-0.3, -0.25) is 0 Å². The van der Waals surface area contributed by atoms with E-state index in [0.717, 1.165) is 32.6 Å². The van der Waals surface area contributed by atoms with Gasteiger partial charge in [0.15, 0.2) is 0 Å². The summed E-state index contributed by atoms with van der Waals surface area (Å²) >= 11 is 0. The highest BCUT2D eigenvalue weighted by atomic mass is 19.3. The maximum Gasteiger partial charge on any atom is 0.248 e. The minimum atomic E-state index is -2.51. The molecule has 0 saturated heterocycles. The molecule has 2 atom stereocenters. The average molecular weight is 191 g/mol. The molecule has 0 radical (unpaired) electrons. The molecule has 3 heteroatoms. The lowest BCUT2D eigenvalue weighted by molar-refractivity contribution is -0.0777. The van der Waals surface area contributed by atoms with E-state index in [-0.39, 0.29) is 5.92 Å². The van der Waals surface area contributed by atoms with Crippen molar-refractivity contribution in [3.63, 3.8) is 0 Å². The Morgan fingerprint density at radius 3 is 2.46 bits per heavy atom. The summed E-state index contributed by atoms with van der Waals surface area (Å²) in [5.74, 6) is -2.79. The van der Waals surface area contributed by atoms with Crippen molar-refractivity contribution in [1.82, 2.24) is 0 Å². The molecule has 1 saturated carbocycles. The van der Waals surface area contributed by atoms with Gasteiger partial charge in [-0.15, -0.1) is 0 Å². The van der Waals surface area contributed by atoms with Gasteiger partial charge in [0.05, 0.1) is 0 Å². The number of nitrogens with two attached hydrogens (primary N) is 1. The van der Waals surface area contributed by atoms with Gasteiger partial charge in [-0.1, -0.05) is 12.8 Å². The summed E-state index contributed by atoms with van der Waals surface area (Å²) in [5.41, 5.74) is 5.42. The third kappa shape index (κ3) is 2.90. The Hall–Kier alpha value is -0.180. The summed E-state index contributed by atoms with van der Waals surface area (Å²) in [7, 11) is 0. The Balaban J connectivity index is 2.56. The molecule has 13 heavy (non-hydrogen) atoms. The molecule has 1 aliphatic carbocycles. The summed E-state index contributed by atoms with van der Waals surface area (Å²) in [5, 5.41) is 0. The van der Waals surface area contributed by atoms with E-state index in [1.165, 1.54) is 0 Å². The predicted molar refractivity (Wildman–Crippen MR) is 49.7 cm³/mol. The molecule has 0 bridgehead atoms. The topological polar surface area (TPSA) is 26.0 Å². The zero-order chi connectivity index (χ0) is 9.90. The molecule has 1 rings (SSSR count). The van der Waals surface area contributed by atoms with Gasteiger partial charge < -0.3 is 5.73 Å². The van der Waals surface area contributed by atoms with Crippen LogP contribution in [0.4, 0.5) is 8.78 Å². The maximum atomic E-state index is 13.1. The van der Waals surface area contributed by atoms with E-state index < -0.39 is 11.8 Å². The largest absolute Gasteiger partial charge is 0.330 e. The van der Waals surface area contributed by atoms with Gasteiger partial charge in [-0.25, -0.2) is 8.78 Å². The second-order valence-corrected chi connectivity index (χ2v) is 4.18. The molecule has 0 spiro atoms. The molecule has 2 unspecified atom stereocenters. The lowest BCUT2D eigenvalue weighted by Crippen LogP contribution is -2.34. The molecule has 0 aromatic rings. The summed E-state index contributed by atoms with van der Waals surface area (Å²) < 4.78 is 26.3. The molecule has 0 heterocycles. The Bertz CT molecular complexity index is 151. The van der Waals surface area contributed by atoms with E-state index in [1.807, 2.05) is 0 Å². The van der Waals surface area contributed by atoms with Crippen molar-refractivity contribution in [2.24, 2.45) is 17.6 Å². The van der Waals surface area contributed by atoms with Crippen molar-refractivity contribution in [3.05, 3.63) is 0 Å². The molecule has 78 valence electrons. The molecule has 1 nitrogen and oxygen atoms in total. The Morgan fingerprint density at radius 2 is 1.92 bits per heavy atom. The molecule has 1 fully saturated rings. The van der Waals surface area contributed by atoms with Crippen LogP contribution >= 0.6 is 0 Å². The smallest absolute Gasteiger partial charge is 0.248 e. The van der Waals surface area contributed by atoms with Crippen molar-refractivity contribution in [2.75, 3.05) is 6.54 Å². The van der Waals surface area contributed by atoms with E-state index in [4.69, 9.17) is 5.73 Å². The van der Waals surface area contributed by atoms with Gasteiger partial charge in [0.2, 0.25) is 5.92 Å². The maximum absolute atomic E-state index is 13.1. The molecular formula is C10H19F2N. The number of halogens is 2. The van der Waals surface area contributed by atoms with Crippen LogP contribution in [-0.2, 0) is 0 Å². The number of hydrogen-bond acceptors (Lipinski definition) is 1. The van der Waals surface area contributed by atoms with Gasteiger partial charge in [0.1, 0.15) is 0 Å². The first-order valence-corrected chi connectivity index (χ1v) is 5.13. The molecular weight excluding hydrogens is 172 g/mol. The van der Waals surface area contributed by atoms with Crippen molar-refractivity contribution in [3.8, 4) is 0 Å². The van der Waals surface area contributed by atoms with Gasteiger partial charge in [0, 0.05) is 5.92 Å². The monoisotopic (exact) mass is 191 g/mol. The van der Waals surface area contributed by atoms with Crippen LogP contribution in [0.15, 0.2) is 0 Å². The second kappa shape index (κ2) is 4.36. The average Bonchev–Trinajstić information content (AvgIpc) is 2.04. The van der Waals surface area contributed by atoms with Crippen LogP contribution in [0.25, 0.3) is 0 Å². The first-order valence-electron chi connectivity index (χ1n) is 5.13. The lowest BCUT2D eigenvalue weighted by Gasteiger charge is -2.35. The van der Waals surface area contributed by atoms with Crippen LogP contribution in [0.2, 0.25) is 0 Å². The predicted octanol–water partition coefficient (Wildman–Crippen LogP) is 2.80. The molecule has 0 amide bonds. The van der Waals surface area contributed by atoms with E-state index in [1.54, 1.807) is 0 Å². The number of alkyl halides is 2. The van der Waals surface area contributed by atoms with Crippen molar-refractivity contribution < 1.29 is 8.78 Å². The molecule has 2 N–H and O–H groups in total. The van der Waals surface area contributed by atoms with E-state index >= 15 is 0 Å². The summed E-state index contributed by atoms with van der Waals surface area (Å²) in [6.45, 7) is 1.59. The highest BCUT2D eigenvalue weighted by Crippen LogP contribution is 2.41. The van der Waals surface area contributed by atoms with Crippen LogP contribution < -0.4 is 5.73 Å². The van der Waals surface area contributed by atoms with Crippen molar-refractivity contribution >= 4 is 0 Å². The lowest BCUT2D eigenvalue weighted by atomic mass is 9.74. The quantitative estimate of drug-likeness (QED) is 0.729. The van der Waals surface area contributed by atoms with Crippen molar-refractivity contribution in [2.45, 2.75) is 45.0 Å². The van der Waals surface area contributed by atoms with Crippen LogP contribution in [0, 0.1) is 11.8 Å². The Labute approximate surface area is 78.7 Å². The molecule has 0 aromatic carbocycles. The Kier molecular flexibility index (Phi) is 3.65. The zero-order valence-corrected chi connectivity index (χ0v) is 8.23. The van der Waals surface area contributed by atoms with Gasteiger partial charge >= 0.3 is 0 Å². The van der Waals surface area contributed by atoms with Gasteiger partial charge in [-0.05, 0) is 38.6 Å². The zero-order valence-electron chi connectivity index (χ0n) is 8.23. The summed E-state index contributed by atoms with van der Waals surface area (Å²) in [6.07, 6.45) is 4.42. The van der Waals surface area contributed by atoms with Crippen LogP contribution in [0.5, 0.6) is 0 Å². The van der Waals surface area contributed by atoms with Crippen molar-refractivity contribution in [1.29, 1.82) is 0 Å². The fourth-order valence-corrected chi connectivity index (χ4v) is 2.43. The normalized spacial score (nSPS) is 30.5. The molecule has 0 aromatic heterocycles. The number of hydrogen-bond donors (Lipinski definition) is 1. The minimum absolute atomic E-state index is 0.152. The SMILES string of the molecule is CC(F)(F)C1CCCCC1CCN. The fourth-order valence-electron chi connectivity index (χ4n) is 2.43. The number of rotatable bonds is 3. The van der Waals surface area contributed by atoms with E-state index in [0.29, 0.717) is 13.0 Å². The minimum Gasteiger partial charge on any atom is -0.330 e. The van der Waals surface area contributed by atoms with E-state index in [2.05, 4.69) is 0 Å². The first-order chi connectivity index (χ1) is 6.05. The second-order valence-electron chi connectivity index (χ2n) is 4.18. The first kappa shape index (κ1) is 10.9. The van der Waals surface area contributed by atoms with Gasteiger partial charge in [0.25, 0.3) is 0 Å². The van der Waals surface area contributed by atoms with Crippen LogP contribution in [-0.4, -0.2) is 12.5 Å². The summed E-state index contributed by atoms with van der Waals surface area (Å²) in [6, 6.07) is 0. The van der Waals surface area contributed by atoms with Gasteiger partial charge in [-0.2, -0.15) is 0 Å². The molecule has 0 aliphatic heterocycles. The third-order valence-corrected chi connectivity index (χ3v) is 3.10. The fraction of sp³-hybridized carbons (Fsp3) is 1.00. The van der Waals surface area contributed by atoms with Crippen LogP contribution in [0.1, 0.15) is 39.0 Å². The standard InChI is InChI=1S/C10H19F2N/c1-10(11,12)9-5-3-2-4-8(9)6-7-13/h8-9H,2-7,13H2,1H3. The van der Waals surface area contributed by atoms with Crippen LogP contribution in [0.3, 0.4) is 0 Å². The van der Waals surface area contributed by atoms with E-state index in [9.17, 15) is 8.78 Å².